The number of rotatable bonds is 3. The van der Waals surface area contributed by atoms with E-state index < -0.39 is 0 Å². The van der Waals surface area contributed by atoms with E-state index in [1.54, 1.807) is 6.20 Å². The number of pyridine rings is 1. The van der Waals surface area contributed by atoms with Gasteiger partial charge in [0.05, 0.1) is 5.56 Å². The SMILES string of the molecule is CN(C(=O)c1ccc(N2CCCC2)nc1)C1CCNC1.Cl.Cl. The van der Waals surface area contributed by atoms with E-state index in [4.69, 9.17) is 0 Å². The molecule has 2 saturated heterocycles. The lowest BCUT2D eigenvalue weighted by Gasteiger charge is -2.24. The van der Waals surface area contributed by atoms with E-state index in [0.717, 1.165) is 38.4 Å². The van der Waals surface area contributed by atoms with Crippen molar-refractivity contribution >= 4 is 36.5 Å². The van der Waals surface area contributed by atoms with Crippen LogP contribution in [0, 0.1) is 0 Å². The van der Waals surface area contributed by atoms with Crippen LogP contribution in [0.5, 0.6) is 0 Å². The number of nitrogens with one attached hydrogen (secondary N) is 1. The lowest BCUT2D eigenvalue weighted by molar-refractivity contribution is 0.0743. The predicted molar refractivity (Wildman–Crippen MR) is 93.5 cm³/mol. The molecule has 2 aliphatic heterocycles. The van der Waals surface area contributed by atoms with Gasteiger partial charge in [0.1, 0.15) is 5.82 Å². The number of carbonyl (C=O) groups is 1. The number of likely N-dealkylation sites (N-methyl/N-ethyl adjacent to an activating group) is 1. The van der Waals surface area contributed by atoms with Crippen molar-refractivity contribution in [3.63, 3.8) is 0 Å². The van der Waals surface area contributed by atoms with Gasteiger partial charge in [0.15, 0.2) is 0 Å². The quantitative estimate of drug-likeness (QED) is 0.908. The summed E-state index contributed by atoms with van der Waals surface area (Å²) in [5.41, 5.74) is 0.683. The highest BCUT2D eigenvalue weighted by molar-refractivity contribution is 5.94. The molecule has 1 aromatic rings. The maximum atomic E-state index is 12.4. The van der Waals surface area contributed by atoms with Crippen molar-refractivity contribution in [3.8, 4) is 0 Å². The Hall–Kier alpha value is -1.04. The number of halogens is 2. The zero-order valence-electron chi connectivity index (χ0n) is 12.8. The van der Waals surface area contributed by atoms with Gasteiger partial charge in [-0.25, -0.2) is 4.98 Å². The third-order valence-electron chi connectivity index (χ3n) is 4.33. The zero-order valence-corrected chi connectivity index (χ0v) is 14.5. The summed E-state index contributed by atoms with van der Waals surface area (Å²) >= 11 is 0. The largest absolute Gasteiger partial charge is 0.357 e. The number of aromatic nitrogens is 1. The van der Waals surface area contributed by atoms with Crippen molar-refractivity contribution < 1.29 is 4.79 Å². The first kappa shape index (κ1) is 19.0. The van der Waals surface area contributed by atoms with Crippen molar-refractivity contribution in [3.05, 3.63) is 23.9 Å². The van der Waals surface area contributed by atoms with E-state index >= 15 is 0 Å². The van der Waals surface area contributed by atoms with Crippen LogP contribution in [-0.4, -0.2) is 55.1 Å². The fourth-order valence-electron chi connectivity index (χ4n) is 2.99. The Morgan fingerprint density at radius 2 is 2.05 bits per heavy atom. The van der Waals surface area contributed by atoms with Gasteiger partial charge in [0, 0.05) is 38.9 Å². The Labute approximate surface area is 144 Å². The first-order valence-electron chi connectivity index (χ1n) is 7.44. The molecule has 1 aromatic heterocycles. The van der Waals surface area contributed by atoms with Gasteiger partial charge in [-0.1, -0.05) is 0 Å². The molecule has 124 valence electrons. The minimum Gasteiger partial charge on any atom is -0.357 e. The van der Waals surface area contributed by atoms with Crippen LogP contribution in [0.25, 0.3) is 0 Å². The maximum Gasteiger partial charge on any atom is 0.255 e. The molecular formula is C15H24Cl2N4O. The normalized spacial score (nSPS) is 20.2. The maximum absolute atomic E-state index is 12.4. The van der Waals surface area contributed by atoms with E-state index in [1.165, 1.54) is 12.8 Å². The Balaban J connectivity index is 0.00000121. The molecule has 2 aliphatic rings. The van der Waals surface area contributed by atoms with E-state index in [0.29, 0.717) is 11.6 Å². The second kappa shape index (κ2) is 8.56. The molecule has 5 nitrogen and oxygen atoms in total. The molecule has 3 rings (SSSR count). The topological polar surface area (TPSA) is 48.5 Å². The second-order valence-electron chi connectivity index (χ2n) is 5.66. The Morgan fingerprint density at radius 1 is 1.32 bits per heavy atom. The molecule has 22 heavy (non-hydrogen) atoms. The lowest BCUT2D eigenvalue weighted by Crippen LogP contribution is -2.38. The summed E-state index contributed by atoms with van der Waals surface area (Å²) in [6.45, 7) is 4.04. The predicted octanol–water partition coefficient (Wildman–Crippen LogP) is 1.96. The average Bonchev–Trinajstić information content (AvgIpc) is 3.18. The molecule has 7 heteroatoms. The molecule has 1 atom stereocenters. The summed E-state index contributed by atoms with van der Waals surface area (Å²) in [6.07, 6.45) is 5.22. The van der Waals surface area contributed by atoms with Crippen LogP contribution in [0.15, 0.2) is 18.3 Å². The van der Waals surface area contributed by atoms with E-state index in [1.807, 2.05) is 24.1 Å². The average molecular weight is 347 g/mol. The Kier molecular flexibility index (Phi) is 7.39. The molecule has 1 N–H and O–H groups in total. The summed E-state index contributed by atoms with van der Waals surface area (Å²) < 4.78 is 0. The van der Waals surface area contributed by atoms with Crippen molar-refractivity contribution in [1.29, 1.82) is 0 Å². The number of hydrogen-bond donors (Lipinski definition) is 1. The summed E-state index contributed by atoms with van der Waals surface area (Å²) in [7, 11) is 1.88. The minimum absolute atomic E-state index is 0. The molecule has 0 radical (unpaired) electrons. The van der Waals surface area contributed by atoms with Gasteiger partial charge < -0.3 is 15.1 Å². The van der Waals surface area contributed by atoms with Crippen LogP contribution in [-0.2, 0) is 0 Å². The fourth-order valence-corrected chi connectivity index (χ4v) is 2.99. The van der Waals surface area contributed by atoms with Gasteiger partial charge in [-0.05, 0) is 37.9 Å². The van der Waals surface area contributed by atoms with Crippen LogP contribution < -0.4 is 10.2 Å². The van der Waals surface area contributed by atoms with Crippen molar-refractivity contribution in [2.24, 2.45) is 0 Å². The van der Waals surface area contributed by atoms with Crippen LogP contribution in [0.1, 0.15) is 29.6 Å². The first-order valence-corrected chi connectivity index (χ1v) is 7.44. The third kappa shape index (κ3) is 4.03. The molecule has 0 aliphatic carbocycles. The molecular weight excluding hydrogens is 323 g/mol. The Morgan fingerprint density at radius 3 is 2.59 bits per heavy atom. The van der Waals surface area contributed by atoms with Crippen LogP contribution in [0.4, 0.5) is 5.82 Å². The van der Waals surface area contributed by atoms with Gasteiger partial charge in [-0.15, -0.1) is 24.8 Å². The van der Waals surface area contributed by atoms with Gasteiger partial charge in [0.25, 0.3) is 5.91 Å². The molecule has 0 saturated carbocycles. The van der Waals surface area contributed by atoms with Crippen LogP contribution in [0.3, 0.4) is 0 Å². The van der Waals surface area contributed by atoms with Gasteiger partial charge in [0.2, 0.25) is 0 Å². The second-order valence-corrected chi connectivity index (χ2v) is 5.66. The number of hydrogen-bond acceptors (Lipinski definition) is 4. The lowest BCUT2D eigenvalue weighted by atomic mass is 10.2. The van der Waals surface area contributed by atoms with Gasteiger partial charge in [-0.2, -0.15) is 0 Å². The summed E-state index contributed by atoms with van der Waals surface area (Å²) in [5.74, 6) is 1.06. The third-order valence-corrected chi connectivity index (χ3v) is 4.33. The van der Waals surface area contributed by atoms with E-state index in [-0.39, 0.29) is 30.7 Å². The van der Waals surface area contributed by atoms with Gasteiger partial charge >= 0.3 is 0 Å². The molecule has 0 bridgehead atoms. The summed E-state index contributed by atoms with van der Waals surface area (Å²) in [4.78, 5) is 21.0. The summed E-state index contributed by atoms with van der Waals surface area (Å²) in [5, 5.41) is 3.29. The first-order chi connectivity index (χ1) is 9.75. The molecule has 1 unspecified atom stereocenters. The molecule has 0 spiro atoms. The molecule has 2 fully saturated rings. The van der Waals surface area contributed by atoms with Crippen molar-refractivity contribution in [2.75, 3.05) is 38.1 Å². The highest BCUT2D eigenvalue weighted by atomic mass is 35.5. The number of carbonyl (C=O) groups excluding carboxylic acids is 1. The molecule has 0 aromatic carbocycles. The highest BCUT2D eigenvalue weighted by Crippen LogP contribution is 2.18. The summed E-state index contributed by atoms with van der Waals surface area (Å²) in [6, 6.07) is 4.18. The van der Waals surface area contributed by atoms with Crippen molar-refractivity contribution in [2.45, 2.75) is 25.3 Å². The standard InChI is InChI=1S/C15H22N4O.2ClH/c1-18(13-6-7-16-11-13)15(20)12-4-5-14(17-10-12)19-8-2-3-9-19;;/h4-5,10,13,16H,2-3,6-9,11H2,1H3;2*1H. The monoisotopic (exact) mass is 346 g/mol. The smallest absolute Gasteiger partial charge is 0.255 e. The van der Waals surface area contributed by atoms with Crippen LogP contribution in [0.2, 0.25) is 0 Å². The van der Waals surface area contributed by atoms with E-state index in [9.17, 15) is 4.79 Å². The van der Waals surface area contributed by atoms with Gasteiger partial charge in [-0.3, -0.25) is 4.79 Å². The van der Waals surface area contributed by atoms with Crippen molar-refractivity contribution in [1.82, 2.24) is 15.2 Å². The number of amides is 1. The molecule has 3 heterocycles. The number of anilines is 1. The zero-order chi connectivity index (χ0) is 13.9. The highest BCUT2D eigenvalue weighted by Gasteiger charge is 2.24. The Bertz CT molecular complexity index is 471. The minimum atomic E-state index is 0. The fraction of sp³-hybridized carbons (Fsp3) is 0.600. The molecule has 1 amide bonds. The van der Waals surface area contributed by atoms with E-state index in [2.05, 4.69) is 15.2 Å². The van der Waals surface area contributed by atoms with Crippen LogP contribution >= 0.6 is 24.8 Å². The number of nitrogens with zero attached hydrogens (tertiary/aromatic N) is 3.